The van der Waals surface area contributed by atoms with Crippen LogP contribution in [0.25, 0.3) is 0 Å². The van der Waals surface area contributed by atoms with Gasteiger partial charge in [-0.05, 0) is 62.4 Å². The van der Waals surface area contributed by atoms with Crippen LogP contribution < -0.4 is 9.64 Å². The van der Waals surface area contributed by atoms with Crippen LogP contribution in [-0.2, 0) is 19.2 Å². The van der Waals surface area contributed by atoms with Crippen molar-refractivity contribution in [2.24, 2.45) is 17.8 Å². The van der Waals surface area contributed by atoms with Gasteiger partial charge in [0.1, 0.15) is 11.5 Å². The summed E-state index contributed by atoms with van der Waals surface area (Å²) in [6, 6.07) is 9.94. The van der Waals surface area contributed by atoms with Gasteiger partial charge in [-0.15, -0.1) is 0 Å². The van der Waals surface area contributed by atoms with Crippen LogP contribution in [0.15, 0.2) is 70.8 Å². The van der Waals surface area contributed by atoms with Gasteiger partial charge in [-0.3, -0.25) is 19.2 Å². The molecule has 6 rings (SSSR count). The van der Waals surface area contributed by atoms with Crippen molar-refractivity contribution in [1.82, 2.24) is 0 Å². The molecule has 0 spiro atoms. The highest BCUT2D eigenvalue weighted by molar-refractivity contribution is 6.32. The number of phenolic OH excluding ortho intramolecular Hbond substituents is 1. The number of halogens is 1. The Bertz CT molecular complexity index is 1600. The van der Waals surface area contributed by atoms with Crippen molar-refractivity contribution in [3.05, 3.63) is 87.0 Å². The van der Waals surface area contributed by atoms with Crippen LogP contribution in [0.5, 0.6) is 11.5 Å². The number of aromatic hydroxyl groups is 1. The third kappa shape index (κ3) is 3.71. The standard InChI is InChI=1S/C31H26ClNO6/c1-14-4-5-16(11-23(14)32)33-30(37)20-9-8-18-21(27(20)31(33)38)13-22-24(34)10-15(2)29(36)28(22)26(18)19-7-6-17(39-3)12-25(19)35/h4-8,10-12,20-21,26-27,35H,9,13H2,1-3H3/t20-,21+,26+,27-/m0/s1. The molecule has 1 heterocycles. The van der Waals surface area contributed by atoms with Crippen LogP contribution >= 0.6 is 11.6 Å². The molecule has 1 saturated heterocycles. The summed E-state index contributed by atoms with van der Waals surface area (Å²) in [5.74, 6) is -3.31. The van der Waals surface area contributed by atoms with E-state index in [2.05, 4.69) is 0 Å². The lowest BCUT2D eigenvalue weighted by molar-refractivity contribution is -0.123. The molecule has 7 nitrogen and oxygen atoms in total. The van der Waals surface area contributed by atoms with E-state index < -0.39 is 23.7 Å². The van der Waals surface area contributed by atoms with Gasteiger partial charge in [0.05, 0.1) is 24.6 Å². The predicted octanol–water partition coefficient (Wildman–Crippen LogP) is 5.00. The molecule has 2 amide bonds. The van der Waals surface area contributed by atoms with Gasteiger partial charge < -0.3 is 9.84 Å². The number of amides is 2. The fourth-order valence-corrected chi connectivity index (χ4v) is 6.76. The lowest BCUT2D eigenvalue weighted by Crippen LogP contribution is -2.39. The second kappa shape index (κ2) is 9.06. The van der Waals surface area contributed by atoms with E-state index in [1.807, 2.05) is 13.0 Å². The Morgan fingerprint density at radius 2 is 1.77 bits per heavy atom. The zero-order valence-corrected chi connectivity index (χ0v) is 22.4. The monoisotopic (exact) mass is 543 g/mol. The molecule has 0 aromatic heterocycles. The normalized spacial score (nSPS) is 26.2. The molecule has 1 N–H and O–H groups in total. The fourth-order valence-electron chi connectivity index (χ4n) is 6.59. The topological polar surface area (TPSA) is 101 Å². The molecule has 1 aliphatic heterocycles. The lowest BCUT2D eigenvalue weighted by atomic mass is 9.59. The summed E-state index contributed by atoms with van der Waals surface area (Å²) in [5, 5.41) is 11.5. The summed E-state index contributed by atoms with van der Waals surface area (Å²) in [7, 11) is 1.49. The molecular formula is C31H26ClNO6. The SMILES string of the molecule is COc1ccc([C@H]2C3=CC[C@@H]4C(=O)N(c5ccc(C)c(Cl)c5)C(=O)[C@@H]4[C@@H]3CC3=C2C(=O)C(C)=CC3=O)c(O)c1. The number of Topliss-reactive ketones (excluding diaryl/α,β-unsaturated/α-hetero) is 1. The van der Waals surface area contributed by atoms with Crippen LogP contribution in [0.4, 0.5) is 5.69 Å². The number of methoxy groups -OCH3 is 1. The lowest BCUT2D eigenvalue weighted by Gasteiger charge is -2.42. The average molecular weight is 544 g/mol. The molecule has 2 aromatic carbocycles. The van der Waals surface area contributed by atoms with E-state index in [1.165, 1.54) is 24.2 Å². The predicted molar refractivity (Wildman–Crippen MR) is 145 cm³/mol. The zero-order valence-electron chi connectivity index (χ0n) is 21.7. The van der Waals surface area contributed by atoms with Crippen molar-refractivity contribution in [2.45, 2.75) is 32.6 Å². The molecule has 0 unspecified atom stereocenters. The Labute approximate surface area is 230 Å². The van der Waals surface area contributed by atoms with Gasteiger partial charge >= 0.3 is 0 Å². The van der Waals surface area contributed by atoms with Crippen molar-refractivity contribution in [2.75, 3.05) is 12.0 Å². The van der Waals surface area contributed by atoms with E-state index in [1.54, 1.807) is 37.3 Å². The van der Waals surface area contributed by atoms with Gasteiger partial charge in [-0.25, -0.2) is 4.90 Å². The summed E-state index contributed by atoms with van der Waals surface area (Å²) >= 11 is 6.32. The van der Waals surface area contributed by atoms with Gasteiger partial charge in [0, 0.05) is 39.3 Å². The third-order valence-corrected chi connectivity index (χ3v) is 8.93. The average Bonchev–Trinajstić information content (AvgIpc) is 3.17. The minimum absolute atomic E-state index is 0.0768. The number of carbonyl (C=O) groups excluding carboxylic acids is 4. The number of ether oxygens (including phenoxy) is 1. The first-order valence-corrected chi connectivity index (χ1v) is 13.2. The number of fused-ring (bicyclic) bond motifs is 3. The van der Waals surface area contributed by atoms with Crippen molar-refractivity contribution < 1.29 is 29.0 Å². The fraction of sp³-hybridized carbons (Fsp3) is 0.290. The van der Waals surface area contributed by atoms with Gasteiger partial charge in [0.25, 0.3) is 0 Å². The number of nitrogens with zero attached hydrogens (tertiary/aromatic N) is 1. The number of hydrogen-bond donors (Lipinski definition) is 1. The molecule has 39 heavy (non-hydrogen) atoms. The molecule has 4 atom stereocenters. The van der Waals surface area contributed by atoms with Crippen molar-refractivity contribution in [3.8, 4) is 11.5 Å². The number of phenols is 1. The minimum atomic E-state index is -0.725. The molecular weight excluding hydrogens is 518 g/mol. The number of allylic oxidation sites excluding steroid dienone is 6. The van der Waals surface area contributed by atoms with E-state index in [9.17, 15) is 24.3 Å². The molecule has 2 aromatic rings. The number of imide groups is 1. The van der Waals surface area contributed by atoms with Crippen LogP contribution in [0.2, 0.25) is 5.02 Å². The van der Waals surface area contributed by atoms with E-state index in [0.717, 1.165) is 11.1 Å². The summed E-state index contributed by atoms with van der Waals surface area (Å²) in [4.78, 5) is 55.5. The number of ketones is 2. The Hall–Kier alpha value is -3.97. The van der Waals surface area contributed by atoms with Crippen LogP contribution in [-0.4, -0.2) is 35.6 Å². The van der Waals surface area contributed by atoms with E-state index in [4.69, 9.17) is 16.3 Å². The van der Waals surface area contributed by atoms with Crippen molar-refractivity contribution >= 4 is 40.7 Å². The number of carbonyl (C=O) groups is 4. The van der Waals surface area contributed by atoms with Gasteiger partial charge in [-0.1, -0.05) is 35.4 Å². The van der Waals surface area contributed by atoms with Crippen LogP contribution in [0.3, 0.4) is 0 Å². The summed E-state index contributed by atoms with van der Waals surface area (Å²) in [6.45, 7) is 3.45. The van der Waals surface area contributed by atoms with Crippen molar-refractivity contribution in [1.29, 1.82) is 0 Å². The number of anilines is 1. The Kier molecular flexibility index (Phi) is 5.88. The van der Waals surface area contributed by atoms with Gasteiger partial charge in [-0.2, -0.15) is 0 Å². The van der Waals surface area contributed by atoms with Crippen LogP contribution in [0, 0.1) is 24.7 Å². The number of aryl methyl sites for hydroxylation is 1. The van der Waals surface area contributed by atoms with Gasteiger partial charge in [0.15, 0.2) is 11.6 Å². The highest BCUT2D eigenvalue weighted by atomic mass is 35.5. The second-order valence-corrected chi connectivity index (χ2v) is 11.0. The second-order valence-electron chi connectivity index (χ2n) is 10.6. The van der Waals surface area contributed by atoms with E-state index >= 15 is 0 Å². The first-order chi connectivity index (χ1) is 18.6. The molecule has 4 aliphatic rings. The molecule has 3 aliphatic carbocycles. The highest BCUT2D eigenvalue weighted by Gasteiger charge is 2.56. The maximum atomic E-state index is 13.9. The Morgan fingerprint density at radius 3 is 2.46 bits per heavy atom. The largest absolute Gasteiger partial charge is 0.507 e. The van der Waals surface area contributed by atoms with E-state index in [-0.39, 0.29) is 35.6 Å². The molecule has 1 fully saturated rings. The third-order valence-electron chi connectivity index (χ3n) is 8.53. The summed E-state index contributed by atoms with van der Waals surface area (Å²) in [5.41, 5.74) is 3.48. The van der Waals surface area contributed by atoms with Gasteiger partial charge in [0.2, 0.25) is 11.8 Å². The Balaban J connectivity index is 1.49. The summed E-state index contributed by atoms with van der Waals surface area (Å²) in [6.07, 6.45) is 3.74. The minimum Gasteiger partial charge on any atom is -0.507 e. The molecule has 198 valence electrons. The quantitative estimate of drug-likeness (QED) is 0.332. The maximum absolute atomic E-state index is 13.9. The van der Waals surface area contributed by atoms with Crippen LogP contribution in [0.1, 0.15) is 36.8 Å². The first kappa shape index (κ1) is 25.3. The highest BCUT2D eigenvalue weighted by Crippen LogP contribution is 2.56. The van der Waals surface area contributed by atoms with E-state index in [0.29, 0.717) is 45.2 Å². The molecule has 8 heteroatoms. The molecule has 0 bridgehead atoms. The first-order valence-electron chi connectivity index (χ1n) is 12.8. The maximum Gasteiger partial charge on any atom is 0.238 e. The van der Waals surface area contributed by atoms with Crippen molar-refractivity contribution in [3.63, 3.8) is 0 Å². The number of rotatable bonds is 3. The number of hydrogen-bond acceptors (Lipinski definition) is 6. The molecule has 0 saturated carbocycles. The number of benzene rings is 2. The smallest absolute Gasteiger partial charge is 0.238 e. The molecule has 0 radical (unpaired) electrons. The summed E-state index contributed by atoms with van der Waals surface area (Å²) < 4.78 is 5.24. The Morgan fingerprint density at radius 1 is 1.00 bits per heavy atom. The zero-order chi connectivity index (χ0) is 27.7.